The summed E-state index contributed by atoms with van der Waals surface area (Å²) < 4.78 is 10.4. The third kappa shape index (κ3) is 3.46. The van der Waals surface area contributed by atoms with E-state index in [0.29, 0.717) is 5.56 Å². The van der Waals surface area contributed by atoms with E-state index in [1.54, 1.807) is 26.4 Å². The van der Waals surface area contributed by atoms with Gasteiger partial charge in [0.05, 0.1) is 14.2 Å². The Hall–Kier alpha value is -3.07. The van der Waals surface area contributed by atoms with Crippen LogP contribution in [0.5, 0.6) is 11.5 Å². The van der Waals surface area contributed by atoms with Crippen LogP contribution in [0.25, 0.3) is 16.8 Å². The van der Waals surface area contributed by atoms with Gasteiger partial charge in [-0.1, -0.05) is 36.4 Å². The quantitative estimate of drug-likeness (QED) is 0.503. The van der Waals surface area contributed by atoms with Gasteiger partial charge < -0.3 is 9.47 Å². The van der Waals surface area contributed by atoms with Crippen LogP contribution in [0.2, 0.25) is 0 Å². The summed E-state index contributed by atoms with van der Waals surface area (Å²) in [6, 6.07) is 19.0. The summed E-state index contributed by atoms with van der Waals surface area (Å²) in [5.41, 5.74) is 1.58. The first-order valence-electron chi connectivity index (χ1n) is 7.64. The van der Waals surface area contributed by atoms with Gasteiger partial charge in [-0.2, -0.15) is 0 Å². The van der Waals surface area contributed by atoms with Crippen LogP contribution in [-0.2, 0) is 0 Å². The maximum absolute atomic E-state index is 12.4. The van der Waals surface area contributed by atoms with Crippen molar-refractivity contribution >= 4 is 22.6 Å². The van der Waals surface area contributed by atoms with Crippen molar-refractivity contribution in [2.24, 2.45) is 0 Å². The molecule has 0 unspecified atom stereocenters. The molecular formula is C21H18O3. The molecule has 0 aliphatic heterocycles. The van der Waals surface area contributed by atoms with E-state index >= 15 is 0 Å². The lowest BCUT2D eigenvalue weighted by atomic mass is 10.0. The second-order valence-electron chi connectivity index (χ2n) is 5.40. The normalized spacial score (nSPS) is 10.9. The predicted molar refractivity (Wildman–Crippen MR) is 96.9 cm³/mol. The Bertz CT molecular complexity index is 910. The molecule has 3 aromatic rings. The van der Waals surface area contributed by atoms with Gasteiger partial charge in [0.2, 0.25) is 0 Å². The van der Waals surface area contributed by atoms with Crippen molar-refractivity contribution in [3.05, 3.63) is 77.9 Å². The minimum absolute atomic E-state index is 0.0319. The summed E-state index contributed by atoms with van der Waals surface area (Å²) in [6.45, 7) is 0. The second kappa shape index (κ2) is 7.01. The van der Waals surface area contributed by atoms with E-state index < -0.39 is 0 Å². The monoisotopic (exact) mass is 318 g/mol. The lowest BCUT2D eigenvalue weighted by molar-refractivity contribution is 0.104. The minimum Gasteiger partial charge on any atom is -0.497 e. The highest BCUT2D eigenvalue weighted by Crippen LogP contribution is 2.22. The fourth-order valence-electron chi connectivity index (χ4n) is 2.52. The number of methoxy groups -OCH3 is 2. The molecule has 0 aliphatic carbocycles. The van der Waals surface area contributed by atoms with E-state index in [1.807, 2.05) is 60.7 Å². The molecule has 3 nitrogen and oxygen atoms in total. The molecule has 0 aliphatic rings. The topological polar surface area (TPSA) is 35.5 Å². The lowest BCUT2D eigenvalue weighted by Gasteiger charge is -2.04. The van der Waals surface area contributed by atoms with Crippen molar-refractivity contribution in [1.82, 2.24) is 0 Å². The van der Waals surface area contributed by atoms with Crippen molar-refractivity contribution in [2.45, 2.75) is 0 Å². The van der Waals surface area contributed by atoms with Crippen molar-refractivity contribution in [3.63, 3.8) is 0 Å². The van der Waals surface area contributed by atoms with E-state index in [2.05, 4.69) is 0 Å². The van der Waals surface area contributed by atoms with Crippen molar-refractivity contribution < 1.29 is 14.3 Å². The molecule has 0 spiro atoms. The molecular weight excluding hydrogens is 300 g/mol. The smallest absolute Gasteiger partial charge is 0.185 e. The number of hydrogen-bond acceptors (Lipinski definition) is 3. The summed E-state index contributed by atoms with van der Waals surface area (Å²) >= 11 is 0. The van der Waals surface area contributed by atoms with Crippen LogP contribution in [0.3, 0.4) is 0 Å². The first-order valence-corrected chi connectivity index (χ1v) is 7.64. The van der Waals surface area contributed by atoms with Crippen LogP contribution in [0.4, 0.5) is 0 Å². The molecule has 0 radical (unpaired) electrons. The number of hydrogen-bond donors (Lipinski definition) is 0. The Labute approximate surface area is 141 Å². The van der Waals surface area contributed by atoms with Crippen LogP contribution in [0.15, 0.2) is 66.7 Å². The third-order valence-corrected chi connectivity index (χ3v) is 3.85. The largest absolute Gasteiger partial charge is 0.497 e. The van der Waals surface area contributed by atoms with Gasteiger partial charge in [0.25, 0.3) is 0 Å². The predicted octanol–water partition coefficient (Wildman–Crippen LogP) is 4.75. The molecule has 24 heavy (non-hydrogen) atoms. The number of carbonyl (C=O) groups is 1. The molecule has 0 bridgehead atoms. The molecule has 0 heterocycles. The van der Waals surface area contributed by atoms with E-state index in [1.165, 1.54) is 0 Å². The summed E-state index contributed by atoms with van der Waals surface area (Å²) in [7, 11) is 3.26. The zero-order valence-corrected chi connectivity index (χ0v) is 13.7. The highest BCUT2D eigenvalue weighted by molar-refractivity contribution is 6.08. The molecule has 3 aromatic carbocycles. The first-order chi connectivity index (χ1) is 11.7. The number of carbonyl (C=O) groups excluding carboxylic acids is 1. The summed E-state index contributed by atoms with van der Waals surface area (Å²) in [6.07, 6.45) is 3.38. The van der Waals surface area contributed by atoms with Gasteiger partial charge in [0, 0.05) is 5.56 Å². The molecule has 3 heteroatoms. The average molecular weight is 318 g/mol. The Kier molecular flexibility index (Phi) is 4.62. The molecule has 0 amide bonds. The highest BCUT2D eigenvalue weighted by atomic mass is 16.5. The molecule has 120 valence electrons. The number of ketones is 1. The van der Waals surface area contributed by atoms with Gasteiger partial charge in [0.15, 0.2) is 5.78 Å². The Morgan fingerprint density at radius 1 is 0.833 bits per heavy atom. The Balaban J connectivity index is 1.84. The highest BCUT2D eigenvalue weighted by Gasteiger charge is 2.04. The summed E-state index contributed by atoms with van der Waals surface area (Å²) in [5, 5.41) is 2.05. The zero-order valence-electron chi connectivity index (χ0n) is 13.7. The fraction of sp³-hybridized carbons (Fsp3) is 0.0952. The second-order valence-corrected chi connectivity index (χ2v) is 5.40. The molecule has 0 saturated carbocycles. The zero-order chi connectivity index (χ0) is 16.9. The maximum Gasteiger partial charge on any atom is 0.185 e. The molecule has 3 rings (SSSR count). The number of rotatable bonds is 5. The van der Waals surface area contributed by atoms with Gasteiger partial charge in [-0.15, -0.1) is 0 Å². The SMILES string of the molecule is COc1cccc(/C=C\C(=O)c2ccc3cc(OC)ccc3c2)c1. The van der Waals surface area contributed by atoms with Crippen LogP contribution in [0, 0.1) is 0 Å². The Morgan fingerprint density at radius 2 is 1.54 bits per heavy atom. The van der Waals surface area contributed by atoms with Crippen LogP contribution in [0.1, 0.15) is 15.9 Å². The van der Waals surface area contributed by atoms with E-state index in [4.69, 9.17) is 9.47 Å². The number of allylic oxidation sites excluding steroid dienone is 1. The summed E-state index contributed by atoms with van der Waals surface area (Å²) in [4.78, 5) is 12.4. The van der Waals surface area contributed by atoms with Gasteiger partial charge in [-0.25, -0.2) is 0 Å². The maximum atomic E-state index is 12.4. The molecule has 0 fully saturated rings. The Morgan fingerprint density at radius 3 is 2.33 bits per heavy atom. The third-order valence-electron chi connectivity index (χ3n) is 3.85. The number of ether oxygens (including phenoxy) is 2. The van der Waals surface area contributed by atoms with Crippen LogP contribution < -0.4 is 9.47 Å². The number of benzene rings is 3. The van der Waals surface area contributed by atoms with Crippen LogP contribution in [-0.4, -0.2) is 20.0 Å². The van der Waals surface area contributed by atoms with Crippen molar-refractivity contribution in [2.75, 3.05) is 14.2 Å². The minimum atomic E-state index is -0.0319. The molecule has 0 atom stereocenters. The molecule has 0 N–H and O–H groups in total. The van der Waals surface area contributed by atoms with E-state index in [9.17, 15) is 4.79 Å². The molecule has 0 saturated heterocycles. The van der Waals surface area contributed by atoms with Gasteiger partial charge in [0.1, 0.15) is 11.5 Å². The van der Waals surface area contributed by atoms with Crippen molar-refractivity contribution in [1.29, 1.82) is 0 Å². The average Bonchev–Trinajstić information content (AvgIpc) is 2.65. The van der Waals surface area contributed by atoms with Gasteiger partial charge >= 0.3 is 0 Å². The summed E-state index contributed by atoms with van der Waals surface area (Å²) in [5.74, 6) is 1.54. The fourth-order valence-corrected chi connectivity index (χ4v) is 2.52. The first kappa shape index (κ1) is 15.8. The van der Waals surface area contributed by atoms with Crippen molar-refractivity contribution in [3.8, 4) is 11.5 Å². The number of fused-ring (bicyclic) bond motifs is 1. The van der Waals surface area contributed by atoms with Gasteiger partial charge in [-0.3, -0.25) is 4.79 Å². The van der Waals surface area contributed by atoms with E-state index in [0.717, 1.165) is 27.8 Å². The molecule has 0 aromatic heterocycles. The van der Waals surface area contributed by atoms with Crippen LogP contribution >= 0.6 is 0 Å². The standard InChI is InChI=1S/C21H18O3/c1-23-19-5-3-4-15(12-19)6-11-21(22)18-8-7-17-14-20(24-2)10-9-16(17)13-18/h3-14H,1-2H3/b11-6-. The van der Waals surface area contributed by atoms with E-state index in [-0.39, 0.29) is 5.78 Å². The van der Waals surface area contributed by atoms with Gasteiger partial charge in [-0.05, 0) is 52.7 Å². The lowest BCUT2D eigenvalue weighted by Crippen LogP contribution is -1.94.